The fourth-order valence-corrected chi connectivity index (χ4v) is 3.42. The number of hydrogen-bond donors (Lipinski definition) is 1. The highest BCUT2D eigenvalue weighted by atomic mass is 16.5. The molecule has 0 aliphatic heterocycles. The third kappa shape index (κ3) is 7.55. The summed E-state index contributed by atoms with van der Waals surface area (Å²) in [6.07, 6.45) is 3.33. The second kappa shape index (κ2) is 11.3. The van der Waals surface area contributed by atoms with Crippen LogP contribution in [0.25, 0.3) is 0 Å². The Morgan fingerprint density at radius 2 is 1.61 bits per heavy atom. The van der Waals surface area contributed by atoms with Gasteiger partial charge in [0.25, 0.3) is 0 Å². The first-order chi connectivity index (χ1) is 13.5. The first-order valence-electron chi connectivity index (χ1n) is 9.98. The third-order valence-electron chi connectivity index (χ3n) is 4.86. The number of rotatable bonds is 11. The molecule has 28 heavy (non-hydrogen) atoms. The van der Waals surface area contributed by atoms with Gasteiger partial charge >= 0.3 is 11.9 Å². The van der Waals surface area contributed by atoms with Gasteiger partial charge in [0.15, 0.2) is 0 Å². The van der Waals surface area contributed by atoms with Crippen molar-refractivity contribution in [3.05, 3.63) is 71.3 Å². The number of ether oxygens (including phenoxy) is 1. The van der Waals surface area contributed by atoms with Crippen molar-refractivity contribution in [2.24, 2.45) is 11.8 Å². The Balaban J connectivity index is 1.87. The molecule has 4 nitrogen and oxygen atoms in total. The maximum atomic E-state index is 12.4. The highest BCUT2D eigenvalue weighted by molar-refractivity contribution is 5.72. The largest absolute Gasteiger partial charge is 0.481 e. The normalized spacial score (nSPS) is 12.9. The van der Waals surface area contributed by atoms with E-state index in [0.29, 0.717) is 12.8 Å². The van der Waals surface area contributed by atoms with Gasteiger partial charge in [-0.1, -0.05) is 74.9 Å². The Hall–Kier alpha value is -2.62. The van der Waals surface area contributed by atoms with Crippen LogP contribution in [0.3, 0.4) is 0 Å². The van der Waals surface area contributed by atoms with Crippen LogP contribution in [0.2, 0.25) is 0 Å². The first kappa shape index (κ1) is 21.7. The fraction of sp³-hybridized carbons (Fsp3) is 0.417. The molecule has 2 unspecified atom stereocenters. The van der Waals surface area contributed by atoms with E-state index in [9.17, 15) is 14.7 Å². The number of hydrogen-bond acceptors (Lipinski definition) is 3. The smallest absolute Gasteiger partial charge is 0.308 e. The standard InChI is InChI=1S/C24H30O4/c1-3-7-19-10-12-21(13-11-19)17-28-24(27)18(2)14-22(16-23(25)26)15-20-8-5-4-6-9-20/h4-6,8-13,18,22H,3,7,14-17H2,1-2H3,(H,25,26). The molecule has 0 heterocycles. The predicted molar refractivity (Wildman–Crippen MR) is 110 cm³/mol. The van der Waals surface area contributed by atoms with Crippen molar-refractivity contribution < 1.29 is 19.4 Å². The number of benzene rings is 2. The van der Waals surface area contributed by atoms with Gasteiger partial charge in [-0.25, -0.2) is 0 Å². The van der Waals surface area contributed by atoms with Crippen LogP contribution in [0.5, 0.6) is 0 Å². The summed E-state index contributed by atoms with van der Waals surface area (Å²) < 4.78 is 5.46. The number of carbonyl (C=O) groups excluding carboxylic acids is 1. The molecule has 2 atom stereocenters. The van der Waals surface area contributed by atoms with E-state index in [1.807, 2.05) is 49.4 Å². The van der Waals surface area contributed by atoms with Crippen molar-refractivity contribution in [2.45, 2.75) is 52.6 Å². The Bertz CT molecular complexity index is 737. The molecule has 0 fully saturated rings. The van der Waals surface area contributed by atoms with Gasteiger partial charge < -0.3 is 9.84 Å². The van der Waals surface area contributed by atoms with E-state index in [1.54, 1.807) is 0 Å². The molecular weight excluding hydrogens is 352 g/mol. The van der Waals surface area contributed by atoms with Crippen LogP contribution in [-0.4, -0.2) is 17.0 Å². The number of aryl methyl sites for hydroxylation is 1. The SMILES string of the molecule is CCCc1ccc(COC(=O)C(C)CC(CC(=O)O)Cc2ccccc2)cc1. The van der Waals surface area contributed by atoms with Crippen LogP contribution in [-0.2, 0) is 33.8 Å². The average molecular weight is 383 g/mol. The van der Waals surface area contributed by atoms with Gasteiger partial charge in [-0.15, -0.1) is 0 Å². The van der Waals surface area contributed by atoms with Crippen molar-refractivity contribution in [1.82, 2.24) is 0 Å². The second-order valence-electron chi connectivity index (χ2n) is 7.46. The number of carboxylic acids is 1. The molecule has 0 bridgehead atoms. The summed E-state index contributed by atoms with van der Waals surface area (Å²) in [6, 6.07) is 17.9. The zero-order valence-electron chi connectivity index (χ0n) is 16.8. The van der Waals surface area contributed by atoms with E-state index in [2.05, 4.69) is 19.1 Å². The van der Waals surface area contributed by atoms with Crippen molar-refractivity contribution in [3.8, 4) is 0 Å². The van der Waals surface area contributed by atoms with E-state index in [4.69, 9.17) is 4.74 Å². The zero-order valence-corrected chi connectivity index (χ0v) is 16.8. The first-order valence-corrected chi connectivity index (χ1v) is 9.98. The second-order valence-corrected chi connectivity index (χ2v) is 7.46. The molecule has 0 radical (unpaired) electrons. The lowest BCUT2D eigenvalue weighted by Gasteiger charge is -2.19. The Morgan fingerprint density at radius 1 is 0.964 bits per heavy atom. The summed E-state index contributed by atoms with van der Waals surface area (Å²) in [7, 11) is 0. The lowest BCUT2D eigenvalue weighted by molar-refractivity contribution is -0.150. The van der Waals surface area contributed by atoms with Gasteiger partial charge in [-0.2, -0.15) is 0 Å². The third-order valence-corrected chi connectivity index (χ3v) is 4.86. The minimum Gasteiger partial charge on any atom is -0.481 e. The maximum absolute atomic E-state index is 12.4. The summed E-state index contributed by atoms with van der Waals surface area (Å²) in [6.45, 7) is 4.21. The fourth-order valence-electron chi connectivity index (χ4n) is 3.42. The van der Waals surface area contributed by atoms with Gasteiger partial charge in [0, 0.05) is 6.42 Å². The summed E-state index contributed by atoms with van der Waals surface area (Å²) in [5.74, 6) is -1.56. The summed E-state index contributed by atoms with van der Waals surface area (Å²) in [4.78, 5) is 23.6. The molecule has 2 rings (SSSR count). The Kier molecular flexibility index (Phi) is 8.73. The van der Waals surface area contributed by atoms with Crippen molar-refractivity contribution in [2.75, 3.05) is 0 Å². The predicted octanol–water partition coefficient (Wildman–Crippen LogP) is 5.04. The number of carbonyl (C=O) groups is 2. The highest BCUT2D eigenvalue weighted by Gasteiger charge is 2.22. The number of esters is 1. The average Bonchev–Trinajstić information content (AvgIpc) is 2.67. The molecule has 1 N–H and O–H groups in total. The molecule has 0 aromatic heterocycles. The van der Waals surface area contributed by atoms with Crippen LogP contribution < -0.4 is 0 Å². The van der Waals surface area contributed by atoms with E-state index in [1.165, 1.54) is 5.56 Å². The highest BCUT2D eigenvalue weighted by Crippen LogP contribution is 2.22. The molecular formula is C24H30O4. The quantitative estimate of drug-likeness (QED) is 0.553. The van der Waals surface area contributed by atoms with E-state index >= 15 is 0 Å². The summed E-state index contributed by atoms with van der Waals surface area (Å²) >= 11 is 0. The van der Waals surface area contributed by atoms with Crippen LogP contribution in [0.4, 0.5) is 0 Å². The molecule has 0 aliphatic rings. The van der Waals surface area contributed by atoms with Gasteiger partial charge in [0.1, 0.15) is 6.61 Å². The van der Waals surface area contributed by atoms with Crippen molar-refractivity contribution in [1.29, 1.82) is 0 Å². The molecule has 2 aromatic rings. The molecule has 0 saturated carbocycles. The zero-order chi connectivity index (χ0) is 20.4. The van der Waals surface area contributed by atoms with Gasteiger partial charge in [-0.05, 0) is 41.9 Å². The van der Waals surface area contributed by atoms with Crippen molar-refractivity contribution in [3.63, 3.8) is 0 Å². The summed E-state index contributed by atoms with van der Waals surface area (Å²) in [5.41, 5.74) is 3.33. The van der Waals surface area contributed by atoms with Crippen molar-refractivity contribution >= 4 is 11.9 Å². The van der Waals surface area contributed by atoms with E-state index in [0.717, 1.165) is 24.0 Å². The van der Waals surface area contributed by atoms with Gasteiger partial charge in [0.2, 0.25) is 0 Å². The molecule has 2 aromatic carbocycles. The molecule has 0 spiro atoms. The Labute approximate surface area is 167 Å². The van der Waals surface area contributed by atoms with E-state index in [-0.39, 0.29) is 30.8 Å². The molecule has 0 aliphatic carbocycles. The minimum atomic E-state index is -0.839. The minimum absolute atomic E-state index is 0.0470. The van der Waals surface area contributed by atoms with Crippen LogP contribution in [0, 0.1) is 11.8 Å². The monoisotopic (exact) mass is 382 g/mol. The van der Waals surface area contributed by atoms with Gasteiger partial charge in [0.05, 0.1) is 5.92 Å². The maximum Gasteiger partial charge on any atom is 0.308 e. The number of carboxylic acid groups (broad SMARTS) is 1. The lowest BCUT2D eigenvalue weighted by Crippen LogP contribution is -2.21. The molecule has 4 heteroatoms. The Morgan fingerprint density at radius 3 is 2.21 bits per heavy atom. The number of aliphatic carboxylic acids is 1. The topological polar surface area (TPSA) is 63.6 Å². The molecule has 150 valence electrons. The van der Waals surface area contributed by atoms with Crippen LogP contribution in [0.1, 0.15) is 49.8 Å². The van der Waals surface area contributed by atoms with Gasteiger partial charge in [-0.3, -0.25) is 9.59 Å². The lowest BCUT2D eigenvalue weighted by atomic mass is 9.88. The summed E-state index contributed by atoms with van der Waals surface area (Å²) in [5, 5.41) is 9.21. The molecule has 0 saturated heterocycles. The molecule has 0 amide bonds. The van der Waals surface area contributed by atoms with Crippen LogP contribution in [0.15, 0.2) is 54.6 Å². The van der Waals surface area contributed by atoms with Crippen LogP contribution >= 0.6 is 0 Å². The van der Waals surface area contributed by atoms with E-state index < -0.39 is 5.97 Å².